The van der Waals surface area contributed by atoms with Crippen molar-refractivity contribution >= 4 is 23.4 Å². The van der Waals surface area contributed by atoms with Crippen LogP contribution in [0.4, 0.5) is 18.9 Å². The van der Waals surface area contributed by atoms with Crippen LogP contribution in [0.2, 0.25) is 5.02 Å². The van der Waals surface area contributed by atoms with Gasteiger partial charge in [-0.15, -0.1) is 0 Å². The fourth-order valence-corrected chi connectivity index (χ4v) is 2.26. The van der Waals surface area contributed by atoms with E-state index in [4.69, 9.17) is 21.1 Å². The summed E-state index contributed by atoms with van der Waals surface area (Å²) in [5, 5.41) is 0.153. The van der Waals surface area contributed by atoms with Gasteiger partial charge in [-0.3, -0.25) is 0 Å². The van der Waals surface area contributed by atoms with Crippen molar-refractivity contribution in [2.24, 2.45) is 10.9 Å². The largest absolute Gasteiger partial charge is 0.454 e. The van der Waals surface area contributed by atoms with Gasteiger partial charge in [-0.1, -0.05) is 31.4 Å². The predicted octanol–water partition coefficient (Wildman–Crippen LogP) is 5.20. The Morgan fingerprint density at radius 3 is 2.54 bits per heavy atom. The molecule has 1 atom stereocenters. The number of nitrogens with zero attached hydrogens (tertiary/aromatic N) is 1. The topological polar surface area (TPSA) is 30.8 Å². The van der Waals surface area contributed by atoms with Crippen molar-refractivity contribution in [3.8, 4) is 11.8 Å². The minimum atomic E-state index is -4.77. The van der Waals surface area contributed by atoms with E-state index >= 15 is 0 Å². The smallest absolute Gasteiger partial charge is 0.445 e. The van der Waals surface area contributed by atoms with Crippen LogP contribution in [0.3, 0.4) is 0 Å². The van der Waals surface area contributed by atoms with Gasteiger partial charge in [0.2, 0.25) is 0 Å². The van der Waals surface area contributed by atoms with E-state index in [1.807, 2.05) is 13.8 Å². The lowest BCUT2D eigenvalue weighted by molar-refractivity contribution is -0.240. The molecule has 1 saturated carbocycles. The SMILES string of the molecule is CC.COC1=Nc2ccc(Cl)cc2C(C#CC2CC2)(C(F)(F)F)O1. The first-order chi connectivity index (χ1) is 11.4. The number of ether oxygens (including phenoxy) is 2. The zero-order valence-electron chi connectivity index (χ0n) is 13.5. The standard InChI is InChI=1S/C15H11ClF3NO2.C2H6/c1-21-13-20-12-5-4-10(16)8-11(12)14(22-13,15(17,18)19)7-6-9-2-3-9;1-2/h4-5,8-9H,2-3H2,1H3;1-2H3. The molecule has 0 aromatic heterocycles. The molecule has 1 aromatic carbocycles. The Morgan fingerprint density at radius 2 is 2.00 bits per heavy atom. The van der Waals surface area contributed by atoms with Gasteiger partial charge in [0.1, 0.15) is 0 Å². The summed E-state index contributed by atoms with van der Waals surface area (Å²) >= 11 is 5.85. The lowest BCUT2D eigenvalue weighted by atomic mass is 9.90. The maximum atomic E-state index is 13.8. The molecule has 0 N–H and O–H groups in total. The van der Waals surface area contributed by atoms with Gasteiger partial charge in [0.25, 0.3) is 5.60 Å². The fraction of sp³-hybridized carbons (Fsp3) is 0.471. The maximum absolute atomic E-state index is 13.8. The molecule has 0 bridgehead atoms. The number of rotatable bonds is 0. The molecular formula is C17H17ClF3NO2. The van der Waals surface area contributed by atoms with Crippen molar-refractivity contribution in [3.05, 3.63) is 28.8 Å². The Morgan fingerprint density at radius 1 is 1.33 bits per heavy atom. The van der Waals surface area contributed by atoms with Crippen molar-refractivity contribution in [1.29, 1.82) is 0 Å². The summed E-state index contributed by atoms with van der Waals surface area (Å²) < 4.78 is 51.2. The first kappa shape index (κ1) is 18.5. The van der Waals surface area contributed by atoms with Crippen LogP contribution >= 0.6 is 11.6 Å². The number of hydrogen-bond acceptors (Lipinski definition) is 3. The van der Waals surface area contributed by atoms with Crippen LogP contribution in [-0.2, 0) is 15.1 Å². The van der Waals surface area contributed by atoms with Crippen molar-refractivity contribution in [3.63, 3.8) is 0 Å². The highest BCUT2D eigenvalue weighted by Gasteiger charge is 2.61. The third-order valence-electron chi connectivity index (χ3n) is 3.39. The summed E-state index contributed by atoms with van der Waals surface area (Å²) in [5.74, 6) is 4.88. The monoisotopic (exact) mass is 359 g/mol. The Balaban J connectivity index is 0.00000100. The molecule has 1 aromatic rings. The quantitative estimate of drug-likeness (QED) is 0.596. The summed E-state index contributed by atoms with van der Waals surface area (Å²) in [5.41, 5.74) is -2.96. The summed E-state index contributed by atoms with van der Waals surface area (Å²) in [4.78, 5) is 3.90. The first-order valence-corrected chi connectivity index (χ1v) is 7.94. The van der Waals surface area contributed by atoms with Crippen LogP contribution in [0.5, 0.6) is 0 Å². The molecule has 0 spiro atoms. The van der Waals surface area contributed by atoms with E-state index in [0.29, 0.717) is 0 Å². The van der Waals surface area contributed by atoms with Crippen molar-refractivity contribution in [2.75, 3.05) is 7.11 Å². The van der Waals surface area contributed by atoms with Gasteiger partial charge in [-0.2, -0.15) is 18.2 Å². The fourth-order valence-electron chi connectivity index (χ4n) is 2.09. The van der Waals surface area contributed by atoms with E-state index in [-0.39, 0.29) is 22.2 Å². The molecule has 3 nitrogen and oxygen atoms in total. The van der Waals surface area contributed by atoms with E-state index < -0.39 is 17.9 Å². The normalized spacial score (nSPS) is 21.9. The third-order valence-corrected chi connectivity index (χ3v) is 3.63. The maximum Gasteiger partial charge on any atom is 0.445 e. The summed E-state index contributed by atoms with van der Waals surface area (Å²) in [6.45, 7) is 4.00. The van der Waals surface area contributed by atoms with Crippen molar-refractivity contribution in [1.82, 2.24) is 0 Å². The van der Waals surface area contributed by atoms with Gasteiger partial charge in [0.05, 0.1) is 12.8 Å². The van der Waals surface area contributed by atoms with Crippen molar-refractivity contribution < 1.29 is 22.6 Å². The molecule has 7 heteroatoms. The number of halogens is 4. The summed E-state index contributed by atoms with van der Waals surface area (Å²) in [6, 6.07) is 4.03. The second kappa shape index (κ2) is 6.94. The lowest BCUT2D eigenvalue weighted by Crippen LogP contribution is -2.47. The number of fused-ring (bicyclic) bond motifs is 1. The number of alkyl halides is 3. The molecule has 1 unspecified atom stereocenters. The Bertz CT molecular complexity index is 702. The molecule has 0 saturated heterocycles. The molecule has 1 aliphatic heterocycles. The molecule has 24 heavy (non-hydrogen) atoms. The van der Waals surface area contributed by atoms with E-state index in [9.17, 15) is 13.2 Å². The average molecular weight is 360 g/mol. The van der Waals surface area contributed by atoms with Crippen LogP contribution < -0.4 is 0 Å². The highest BCUT2D eigenvalue weighted by Crippen LogP contribution is 2.49. The van der Waals surface area contributed by atoms with Gasteiger partial charge < -0.3 is 9.47 Å². The lowest BCUT2D eigenvalue weighted by Gasteiger charge is -2.34. The molecule has 130 valence electrons. The Hall–Kier alpha value is -1.87. The highest BCUT2D eigenvalue weighted by molar-refractivity contribution is 6.30. The Labute approximate surface area is 143 Å². The zero-order valence-corrected chi connectivity index (χ0v) is 14.3. The van der Waals surface area contributed by atoms with E-state index in [1.165, 1.54) is 25.3 Å². The van der Waals surface area contributed by atoms with E-state index in [2.05, 4.69) is 16.8 Å². The minimum absolute atomic E-state index is 0.0182. The van der Waals surface area contributed by atoms with Gasteiger partial charge in [0, 0.05) is 16.5 Å². The minimum Gasteiger partial charge on any atom is -0.454 e. The predicted molar refractivity (Wildman–Crippen MR) is 86.2 cm³/mol. The van der Waals surface area contributed by atoms with Gasteiger partial charge in [-0.05, 0) is 37.0 Å². The van der Waals surface area contributed by atoms with E-state index in [0.717, 1.165) is 12.8 Å². The number of benzene rings is 1. The molecule has 0 amide bonds. The highest BCUT2D eigenvalue weighted by atomic mass is 35.5. The second-order valence-electron chi connectivity index (χ2n) is 5.07. The molecule has 1 fully saturated rings. The van der Waals surface area contributed by atoms with Gasteiger partial charge in [0.15, 0.2) is 0 Å². The summed E-state index contributed by atoms with van der Waals surface area (Å²) in [6.07, 6.45) is -3.64. The van der Waals surface area contributed by atoms with Crippen LogP contribution in [0.15, 0.2) is 23.2 Å². The molecule has 1 heterocycles. The van der Waals surface area contributed by atoms with Crippen molar-refractivity contribution in [2.45, 2.75) is 38.5 Å². The third kappa shape index (κ3) is 3.46. The van der Waals surface area contributed by atoms with Gasteiger partial charge in [-0.25, -0.2) is 0 Å². The molecule has 3 rings (SSSR count). The van der Waals surface area contributed by atoms with Crippen LogP contribution in [-0.4, -0.2) is 19.4 Å². The molecular weight excluding hydrogens is 343 g/mol. The van der Waals surface area contributed by atoms with Crippen LogP contribution in [0.1, 0.15) is 32.3 Å². The number of methoxy groups -OCH3 is 1. The number of aliphatic imine (C=N–C) groups is 1. The average Bonchev–Trinajstić information content (AvgIpc) is 3.37. The molecule has 2 aliphatic rings. The van der Waals surface area contributed by atoms with E-state index in [1.54, 1.807) is 0 Å². The second-order valence-corrected chi connectivity index (χ2v) is 5.50. The Kier molecular flexibility index (Phi) is 5.34. The van der Waals surface area contributed by atoms with Crippen LogP contribution in [0.25, 0.3) is 0 Å². The molecule has 0 radical (unpaired) electrons. The molecule has 1 aliphatic carbocycles. The number of hydrogen-bond donors (Lipinski definition) is 0. The van der Waals surface area contributed by atoms with Gasteiger partial charge >= 0.3 is 12.3 Å². The zero-order chi connectivity index (χ0) is 18.0. The summed E-state index contributed by atoms with van der Waals surface area (Å²) in [7, 11) is 1.19. The van der Waals surface area contributed by atoms with Crippen LogP contribution in [0, 0.1) is 17.8 Å². The first-order valence-electron chi connectivity index (χ1n) is 7.57.